The van der Waals surface area contributed by atoms with E-state index in [0.717, 1.165) is 15.8 Å². The smallest absolute Gasteiger partial charge is 0.333 e. The quantitative estimate of drug-likeness (QED) is 0.557. The third-order valence-electron chi connectivity index (χ3n) is 3.99. The van der Waals surface area contributed by atoms with Crippen molar-refractivity contribution in [1.82, 2.24) is 10.3 Å². The number of methoxy groups -OCH3 is 2. The SMILES string of the molecule is COC(=O)C(NC(=O)c1csc(-c2ccc(OC)cc2)n1)c1ccc(Br)cc1. The Morgan fingerprint density at radius 3 is 2.36 bits per heavy atom. The van der Waals surface area contributed by atoms with Gasteiger partial charge >= 0.3 is 5.97 Å². The van der Waals surface area contributed by atoms with Gasteiger partial charge in [-0.3, -0.25) is 4.79 Å². The van der Waals surface area contributed by atoms with Crippen LogP contribution >= 0.6 is 27.3 Å². The van der Waals surface area contributed by atoms with E-state index in [-0.39, 0.29) is 5.69 Å². The number of hydrogen-bond acceptors (Lipinski definition) is 6. The number of rotatable bonds is 6. The molecule has 1 unspecified atom stereocenters. The number of nitrogens with zero attached hydrogens (tertiary/aromatic N) is 1. The molecule has 8 heteroatoms. The number of benzene rings is 2. The van der Waals surface area contributed by atoms with Crippen molar-refractivity contribution in [1.29, 1.82) is 0 Å². The van der Waals surface area contributed by atoms with Gasteiger partial charge in [-0.05, 0) is 42.0 Å². The molecule has 0 saturated heterocycles. The van der Waals surface area contributed by atoms with Gasteiger partial charge in [-0.25, -0.2) is 9.78 Å². The normalized spacial score (nSPS) is 11.5. The Balaban J connectivity index is 1.79. The summed E-state index contributed by atoms with van der Waals surface area (Å²) in [6.07, 6.45) is 0. The highest BCUT2D eigenvalue weighted by Crippen LogP contribution is 2.26. The molecule has 1 amide bonds. The molecular weight excluding hydrogens is 444 g/mol. The maximum Gasteiger partial charge on any atom is 0.333 e. The van der Waals surface area contributed by atoms with E-state index in [0.29, 0.717) is 10.6 Å². The fourth-order valence-corrected chi connectivity index (χ4v) is 3.57. The molecule has 0 aliphatic rings. The lowest BCUT2D eigenvalue weighted by molar-refractivity contribution is -0.143. The number of hydrogen-bond donors (Lipinski definition) is 1. The summed E-state index contributed by atoms with van der Waals surface area (Å²) in [5, 5.41) is 5.06. The van der Waals surface area contributed by atoms with E-state index < -0.39 is 17.9 Å². The largest absolute Gasteiger partial charge is 0.497 e. The van der Waals surface area contributed by atoms with Gasteiger partial charge in [0.1, 0.15) is 16.5 Å². The standard InChI is InChI=1S/C20H17BrN2O4S/c1-26-15-9-5-13(6-10-15)19-22-16(11-28-19)18(24)23-17(20(25)27-2)12-3-7-14(21)8-4-12/h3-11,17H,1-2H3,(H,23,24). The number of aromatic nitrogens is 1. The molecule has 1 aromatic heterocycles. The van der Waals surface area contributed by atoms with Gasteiger partial charge in [-0.2, -0.15) is 0 Å². The first kappa shape index (κ1) is 20.0. The van der Waals surface area contributed by atoms with E-state index >= 15 is 0 Å². The van der Waals surface area contributed by atoms with Crippen LogP contribution in [0.1, 0.15) is 22.1 Å². The number of thiazole rings is 1. The van der Waals surface area contributed by atoms with Gasteiger partial charge in [0, 0.05) is 15.4 Å². The van der Waals surface area contributed by atoms with Crippen molar-refractivity contribution >= 4 is 39.1 Å². The average Bonchev–Trinajstić information content (AvgIpc) is 3.22. The first-order valence-corrected chi connectivity index (χ1v) is 9.93. The van der Waals surface area contributed by atoms with Crippen molar-refractivity contribution in [3.8, 4) is 16.3 Å². The lowest BCUT2D eigenvalue weighted by atomic mass is 10.1. The molecule has 2 aromatic carbocycles. The van der Waals surface area contributed by atoms with Crippen LogP contribution in [0, 0.1) is 0 Å². The van der Waals surface area contributed by atoms with Crippen LogP contribution in [0.2, 0.25) is 0 Å². The zero-order chi connectivity index (χ0) is 20.1. The maximum atomic E-state index is 12.7. The van der Waals surface area contributed by atoms with Crippen LogP contribution < -0.4 is 10.1 Å². The predicted molar refractivity (Wildman–Crippen MR) is 110 cm³/mol. The number of ether oxygens (including phenoxy) is 2. The summed E-state index contributed by atoms with van der Waals surface area (Å²) in [6, 6.07) is 13.6. The minimum atomic E-state index is -0.920. The monoisotopic (exact) mass is 460 g/mol. The molecule has 0 aliphatic carbocycles. The van der Waals surface area contributed by atoms with Crippen molar-refractivity contribution in [2.24, 2.45) is 0 Å². The molecule has 1 N–H and O–H groups in total. The Hall–Kier alpha value is -2.71. The molecule has 0 bridgehead atoms. The molecule has 144 valence electrons. The summed E-state index contributed by atoms with van der Waals surface area (Å²) < 4.78 is 10.9. The van der Waals surface area contributed by atoms with Gasteiger partial charge in [-0.15, -0.1) is 11.3 Å². The highest BCUT2D eigenvalue weighted by molar-refractivity contribution is 9.10. The minimum absolute atomic E-state index is 0.238. The summed E-state index contributed by atoms with van der Waals surface area (Å²) in [5.74, 6) is -0.260. The molecule has 28 heavy (non-hydrogen) atoms. The summed E-state index contributed by atoms with van der Waals surface area (Å²) in [7, 11) is 2.88. The van der Waals surface area contributed by atoms with Gasteiger partial charge in [0.05, 0.1) is 14.2 Å². The van der Waals surface area contributed by atoms with Crippen molar-refractivity contribution in [3.63, 3.8) is 0 Å². The molecule has 0 radical (unpaired) electrons. The summed E-state index contributed by atoms with van der Waals surface area (Å²) in [4.78, 5) is 29.2. The lowest BCUT2D eigenvalue weighted by Gasteiger charge is -2.16. The van der Waals surface area contributed by atoms with E-state index in [1.54, 1.807) is 36.8 Å². The van der Waals surface area contributed by atoms with Crippen molar-refractivity contribution in [2.45, 2.75) is 6.04 Å². The minimum Gasteiger partial charge on any atom is -0.497 e. The fraction of sp³-hybridized carbons (Fsp3) is 0.150. The highest BCUT2D eigenvalue weighted by Gasteiger charge is 2.25. The molecule has 3 aromatic rings. The molecule has 6 nitrogen and oxygen atoms in total. The molecule has 3 rings (SSSR count). The second-order valence-corrected chi connectivity index (χ2v) is 7.52. The molecule has 1 atom stereocenters. The van der Waals surface area contributed by atoms with Gasteiger partial charge in [0.25, 0.3) is 5.91 Å². The molecule has 0 saturated carbocycles. The van der Waals surface area contributed by atoms with Crippen molar-refractivity contribution < 1.29 is 19.1 Å². The van der Waals surface area contributed by atoms with Gasteiger partial charge in [0.15, 0.2) is 6.04 Å². The second-order valence-electron chi connectivity index (χ2n) is 5.75. The first-order chi connectivity index (χ1) is 13.5. The number of amides is 1. The van der Waals surface area contributed by atoms with Crippen LogP contribution in [0.15, 0.2) is 58.4 Å². The summed E-state index contributed by atoms with van der Waals surface area (Å²) >= 11 is 4.70. The van der Waals surface area contributed by atoms with Gasteiger partial charge in [0.2, 0.25) is 0 Å². The summed E-state index contributed by atoms with van der Waals surface area (Å²) in [5.41, 5.74) is 1.73. The van der Waals surface area contributed by atoms with E-state index in [1.807, 2.05) is 24.3 Å². The third-order valence-corrected chi connectivity index (χ3v) is 5.41. The Morgan fingerprint density at radius 2 is 1.75 bits per heavy atom. The van der Waals surface area contributed by atoms with Crippen LogP contribution in [-0.4, -0.2) is 31.1 Å². The van der Waals surface area contributed by atoms with Gasteiger partial charge in [-0.1, -0.05) is 28.1 Å². The Labute approximate surface area is 174 Å². The molecule has 0 fully saturated rings. The van der Waals surface area contributed by atoms with Crippen molar-refractivity contribution in [2.75, 3.05) is 14.2 Å². The van der Waals surface area contributed by atoms with Gasteiger partial charge < -0.3 is 14.8 Å². The van der Waals surface area contributed by atoms with E-state index in [4.69, 9.17) is 9.47 Å². The third kappa shape index (κ3) is 4.58. The van der Waals surface area contributed by atoms with E-state index in [9.17, 15) is 9.59 Å². The van der Waals surface area contributed by atoms with Crippen LogP contribution in [0.3, 0.4) is 0 Å². The van der Waals surface area contributed by atoms with Crippen LogP contribution in [0.5, 0.6) is 5.75 Å². The number of carbonyl (C=O) groups excluding carboxylic acids is 2. The maximum absolute atomic E-state index is 12.7. The van der Waals surface area contributed by atoms with E-state index in [1.165, 1.54) is 18.4 Å². The second kappa shape index (κ2) is 8.99. The number of nitrogens with one attached hydrogen (secondary N) is 1. The summed E-state index contributed by atoms with van der Waals surface area (Å²) in [6.45, 7) is 0. The zero-order valence-corrected chi connectivity index (χ0v) is 17.5. The van der Waals surface area contributed by atoms with Crippen LogP contribution in [-0.2, 0) is 9.53 Å². The topological polar surface area (TPSA) is 77.5 Å². The van der Waals surface area contributed by atoms with Crippen LogP contribution in [0.25, 0.3) is 10.6 Å². The zero-order valence-electron chi connectivity index (χ0n) is 15.1. The fourth-order valence-electron chi connectivity index (χ4n) is 2.50. The van der Waals surface area contributed by atoms with E-state index in [2.05, 4.69) is 26.2 Å². The molecule has 0 spiro atoms. The number of halogens is 1. The van der Waals surface area contributed by atoms with Crippen LogP contribution in [0.4, 0.5) is 0 Å². The molecule has 0 aliphatic heterocycles. The number of carbonyl (C=O) groups is 2. The molecular formula is C20H17BrN2O4S. The molecule has 1 heterocycles. The van der Waals surface area contributed by atoms with Crippen molar-refractivity contribution in [3.05, 3.63) is 69.6 Å². The Morgan fingerprint density at radius 1 is 1.07 bits per heavy atom. The Kier molecular flexibility index (Phi) is 6.43. The lowest BCUT2D eigenvalue weighted by Crippen LogP contribution is -2.34. The predicted octanol–water partition coefficient (Wildman–Crippen LogP) is 4.23. The Bertz CT molecular complexity index is 971. The first-order valence-electron chi connectivity index (χ1n) is 8.26. The number of esters is 1. The highest BCUT2D eigenvalue weighted by atomic mass is 79.9. The average molecular weight is 461 g/mol.